The third-order valence-corrected chi connectivity index (χ3v) is 5.12. The Kier molecular flexibility index (Phi) is 6.10. The van der Waals surface area contributed by atoms with E-state index in [9.17, 15) is 0 Å². The van der Waals surface area contributed by atoms with Crippen LogP contribution in [0, 0.1) is 12.8 Å². The van der Waals surface area contributed by atoms with Crippen LogP contribution in [-0.4, -0.2) is 19.1 Å². The lowest BCUT2D eigenvalue weighted by atomic mass is 9.98. The topological polar surface area (TPSA) is 29.3 Å². The van der Waals surface area contributed by atoms with E-state index >= 15 is 0 Å². The lowest BCUT2D eigenvalue weighted by Crippen LogP contribution is -2.25. The first-order valence-corrected chi connectivity index (χ1v) is 8.74. The lowest BCUT2D eigenvalue weighted by Gasteiger charge is -2.24. The Morgan fingerprint density at radius 2 is 2.05 bits per heavy atom. The molecular weight excluding hydrogens is 256 g/mol. The summed E-state index contributed by atoms with van der Waals surface area (Å²) in [7, 11) is 0. The molecule has 0 amide bonds. The summed E-state index contributed by atoms with van der Waals surface area (Å²) in [5.74, 6) is 0.929. The number of nitrogens with two attached hydrogens (primary N) is 1. The smallest absolute Gasteiger partial charge is 0.0369 e. The Balaban J connectivity index is 2.05. The second kappa shape index (κ2) is 7.84. The highest BCUT2D eigenvalue weighted by Gasteiger charge is 2.16. The molecule has 1 aromatic carbocycles. The van der Waals surface area contributed by atoms with E-state index in [2.05, 4.69) is 43.9 Å². The molecule has 1 fully saturated rings. The van der Waals surface area contributed by atoms with Crippen LogP contribution in [0.25, 0.3) is 0 Å². The summed E-state index contributed by atoms with van der Waals surface area (Å²) in [6.45, 7) is 9.15. The molecule has 0 aromatic heterocycles. The minimum Gasteiger partial charge on any atom is -0.372 e. The van der Waals surface area contributed by atoms with Crippen molar-refractivity contribution in [2.24, 2.45) is 11.7 Å². The van der Waals surface area contributed by atoms with Crippen molar-refractivity contribution in [3.05, 3.63) is 29.3 Å². The molecule has 2 N–H and O–H groups in total. The Hall–Kier alpha value is -1.02. The van der Waals surface area contributed by atoms with Gasteiger partial charge in [0.25, 0.3) is 0 Å². The maximum Gasteiger partial charge on any atom is 0.0369 e. The monoisotopic (exact) mass is 288 g/mol. The minimum atomic E-state index is 0.290. The molecule has 2 nitrogen and oxygen atoms in total. The summed E-state index contributed by atoms with van der Waals surface area (Å²) < 4.78 is 0. The van der Waals surface area contributed by atoms with Gasteiger partial charge >= 0.3 is 0 Å². The van der Waals surface area contributed by atoms with E-state index in [1.807, 2.05) is 0 Å². The van der Waals surface area contributed by atoms with Crippen LogP contribution in [0.3, 0.4) is 0 Å². The molecule has 1 aliphatic heterocycles. The molecule has 1 saturated heterocycles. The van der Waals surface area contributed by atoms with Gasteiger partial charge in [-0.2, -0.15) is 0 Å². The number of rotatable bonds is 5. The largest absolute Gasteiger partial charge is 0.372 e. The zero-order chi connectivity index (χ0) is 15.2. The Morgan fingerprint density at radius 3 is 2.71 bits per heavy atom. The minimum absolute atomic E-state index is 0.290. The molecule has 1 heterocycles. The first-order valence-electron chi connectivity index (χ1n) is 8.74. The predicted octanol–water partition coefficient (Wildman–Crippen LogP) is 4.29. The van der Waals surface area contributed by atoms with Crippen molar-refractivity contribution in [3.8, 4) is 0 Å². The van der Waals surface area contributed by atoms with Gasteiger partial charge in [-0.15, -0.1) is 0 Å². The third kappa shape index (κ3) is 4.47. The number of nitrogens with zero attached hydrogens (tertiary/aromatic N) is 1. The summed E-state index contributed by atoms with van der Waals surface area (Å²) in [6, 6.07) is 7.25. The van der Waals surface area contributed by atoms with Crippen LogP contribution >= 0.6 is 0 Å². The van der Waals surface area contributed by atoms with E-state index in [0.717, 1.165) is 18.8 Å². The van der Waals surface area contributed by atoms with Crippen molar-refractivity contribution in [2.75, 3.05) is 18.0 Å². The molecule has 1 aliphatic rings. The van der Waals surface area contributed by atoms with Crippen LogP contribution in [-0.2, 0) is 6.42 Å². The maximum absolute atomic E-state index is 6.10. The van der Waals surface area contributed by atoms with E-state index in [1.165, 1.54) is 55.6 Å². The molecule has 0 spiro atoms. The normalized spacial score (nSPS) is 21.1. The molecule has 1 aromatic rings. The highest BCUT2D eigenvalue weighted by atomic mass is 15.1. The summed E-state index contributed by atoms with van der Waals surface area (Å²) in [6.07, 6.45) is 7.46. The highest BCUT2D eigenvalue weighted by Crippen LogP contribution is 2.26. The predicted molar refractivity (Wildman–Crippen MR) is 93.0 cm³/mol. The van der Waals surface area contributed by atoms with Gasteiger partial charge in [-0.25, -0.2) is 0 Å². The number of aryl methyl sites for hydroxylation is 1. The molecule has 21 heavy (non-hydrogen) atoms. The lowest BCUT2D eigenvalue weighted by molar-refractivity contribution is 0.459. The molecule has 0 bridgehead atoms. The van der Waals surface area contributed by atoms with Gasteiger partial charge in [0.05, 0.1) is 0 Å². The fourth-order valence-corrected chi connectivity index (χ4v) is 3.36. The average Bonchev–Trinajstić information content (AvgIpc) is 2.74. The molecule has 0 saturated carbocycles. The zero-order valence-electron chi connectivity index (χ0n) is 14.1. The highest BCUT2D eigenvalue weighted by molar-refractivity contribution is 5.51. The van der Waals surface area contributed by atoms with Crippen molar-refractivity contribution in [2.45, 2.75) is 65.3 Å². The Morgan fingerprint density at radius 1 is 1.24 bits per heavy atom. The molecule has 2 unspecified atom stereocenters. The van der Waals surface area contributed by atoms with Gasteiger partial charge in [-0.1, -0.05) is 26.3 Å². The number of hydrogen-bond donors (Lipinski definition) is 1. The molecule has 0 aliphatic carbocycles. The van der Waals surface area contributed by atoms with Gasteiger partial charge in [-0.3, -0.25) is 0 Å². The van der Waals surface area contributed by atoms with E-state index in [1.54, 1.807) is 0 Å². The fourth-order valence-electron chi connectivity index (χ4n) is 3.36. The molecule has 118 valence electrons. The van der Waals surface area contributed by atoms with E-state index in [4.69, 9.17) is 5.73 Å². The van der Waals surface area contributed by atoms with E-state index < -0.39 is 0 Å². The van der Waals surface area contributed by atoms with Crippen molar-refractivity contribution in [1.82, 2.24) is 0 Å². The van der Waals surface area contributed by atoms with Crippen LogP contribution in [0.4, 0.5) is 5.69 Å². The standard InChI is InChI=1S/C19H32N2/c1-4-16-7-6-11-21(12-10-16)19-9-8-17(15(3)13-19)14-18(20)5-2/h8-9,13,16,18H,4-7,10-12,14,20H2,1-3H3. The molecule has 0 radical (unpaired) electrons. The summed E-state index contributed by atoms with van der Waals surface area (Å²) >= 11 is 0. The summed E-state index contributed by atoms with van der Waals surface area (Å²) in [5, 5.41) is 0. The number of hydrogen-bond acceptors (Lipinski definition) is 2. The van der Waals surface area contributed by atoms with E-state index in [-0.39, 0.29) is 6.04 Å². The van der Waals surface area contributed by atoms with Gasteiger partial charge in [0.15, 0.2) is 0 Å². The third-order valence-electron chi connectivity index (χ3n) is 5.12. The van der Waals surface area contributed by atoms with Crippen LogP contribution in [0.2, 0.25) is 0 Å². The van der Waals surface area contributed by atoms with Gasteiger partial charge in [0.2, 0.25) is 0 Å². The van der Waals surface area contributed by atoms with Crippen LogP contribution in [0.5, 0.6) is 0 Å². The molecule has 2 atom stereocenters. The SMILES string of the molecule is CCC(N)Cc1ccc(N2CCCC(CC)CC2)cc1C. The van der Waals surface area contributed by atoms with E-state index in [0.29, 0.717) is 0 Å². The second-order valence-electron chi connectivity index (χ2n) is 6.68. The average molecular weight is 288 g/mol. The molecule has 2 rings (SSSR count). The van der Waals surface area contributed by atoms with Crippen LogP contribution in [0.1, 0.15) is 57.1 Å². The van der Waals surface area contributed by atoms with Crippen molar-refractivity contribution in [3.63, 3.8) is 0 Å². The summed E-state index contributed by atoms with van der Waals surface area (Å²) in [4.78, 5) is 2.58. The fraction of sp³-hybridized carbons (Fsp3) is 0.684. The van der Waals surface area contributed by atoms with Gasteiger partial charge < -0.3 is 10.6 Å². The van der Waals surface area contributed by atoms with Crippen LogP contribution < -0.4 is 10.6 Å². The van der Waals surface area contributed by atoms with Crippen molar-refractivity contribution < 1.29 is 0 Å². The Labute approximate surface area is 130 Å². The van der Waals surface area contributed by atoms with Crippen LogP contribution in [0.15, 0.2) is 18.2 Å². The first-order chi connectivity index (χ1) is 10.1. The maximum atomic E-state index is 6.10. The van der Waals surface area contributed by atoms with Crippen molar-refractivity contribution >= 4 is 5.69 Å². The van der Waals surface area contributed by atoms with Gasteiger partial charge in [0.1, 0.15) is 0 Å². The van der Waals surface area contributed by atoms with Gasteiger partial charge in [-0.05, 0) is 68.2 Å². The number of anilines is 1. The second-order valence-corrected chi connectivity index (χ2v) is 6.68. The summed E-state index contributed by atoms with van der Waals surface area (Å²) in [5.41, 5.74) is 10.3. The number of benzene rings is 1. The quantitative estimate of drug-likeness (QED) is 0.875. The zero-order valence-corrected chi connectivity index (χ0v) is 14.1. The van der Waals surface area contributed by atoms with Crippen molar-refractivity contribution in [1.29, 1.82) is 0 Å². The first kappa shape index (κ1) is 16.4. The Bertz CT molecular complexity index is 441. The molecule has 2 heteroatoms. The molecular formula is C19H32N2. The van der Waals surface area contributed by atoms with Gasteiger partial charge in [0, 0.05) is 24.8 Å².